The average Bonchev–Trinajstić information content (AvgIpc) is 2.34. The summed E-state index contributed by atoms with van der Waals surface area (Å²) in [5, 5.41) is 0. The van der Waals surface area contributed by atoms with Crippen molar-refractivity contribution in [3.8, 4) is 0 Å². The summed E-state index contributed by atoms with van der Waals surface area (Å²) >= 11 is 0. The number of nitrogens with two attached hydrogens (primary N) is 2. The summed E-state index contributed by atoms with van der Waals surface area (Å²) in [4.78, 5) is 0. The van der Waals surface area contributed by atoms with Crippen LogP contribution in [0, 0.1) is 11.8 Å². The molecule has 0 heterocycles. The molecule has 0 radical (unpaired) electrons. The van der Waals surface area contributed by atoms with Crippen LogP contribution >= 0.6 is 0 Å². The SMILES string of the molecule is N[C@@H]1CCC[C@@H]2CC[C@H](N)[C@@H]21. The van der Waals surface area contributed by atoms with E-state index in [0.717, 1.165) is 5.92 Å². The van der Waals surface area contributed by atoms with E-state index < -0.39 is 0 Å². The zero-order valence-corrected chi connectivity index (χ0v) is 7.00. The molecular formula is C9H18N2. The van der Waals surface area contributed by atoms with Gasteiger partial charge in [-0.2, -0.15) is 0 Å². The Morgan fingerprint density at radius 2 is 1.55 bits per heavy atom. The van der Waals surface area contributed by atoms with E-state index in [9.17, 15) is 0 Å². The van der Waals surface area contributed by atoms with E-state index in [1.807, 2.05) is 0 Å². The standard InChI is InChI=1S/C9H18N2/c10-7-3-1-2-6-4-5-8(11)9(6)7/h6-9H,1-5,10-11H2/t6-,7-,8+,9+/m1/s1. The second kappa shape index (κ2) is 2.76. The Bertz CT molecular complexity index is 144. The smallest absolute Gasteiger partial charge is 0.00846 e. The maximum atomic E-state index is 6.03. The Hall–Kier alpha value is -0.0800. The largest absolute Gasteiger partial charge is 0.327 e. The van der Waals surface area contributed by atoms with Crippen LogP contribution in [0.3, 0.4) is 0 Å². The van der Waals surface area contributed by atoms with Crippen LogP contribution in [-0.4, -0.2) is 12.1 Å². The highest BCUT2D eigenvalue weighted by molar-refractivity contribution is 4.95. The lowest BCUT2D eigenvalue weighted by atomic mass is 9.77. The molecule has 0 saturated heterocycles. The van der Waals surface area contributed by atoms with Gasteiger partial charge in [-0.1, -0.05) is 12.8 Å². The molecule has 0 amide bonds. The molecule has 0 unspecified atom stereocenters. The van der Waals surface area contributed by atoms with Crippen LogP contribution in [0.2, 0.25) is 0 Å². The first-order valence-electron chi connectivity index (χ1n) is 4.80. The summed E-state index contributed by atoms with van der Waals surface area (Å²) in [6.07, 6.45) is 6.46. The van der Waals surface area contributed by atoms with E-state index in [1.54, 1.807) is 0 Å². The van der Waals surface area contributed by atoms with Gasteiger partial charge in [0, 0.05) is 12.1 Å². The van der Waals surface area contributed by atoms with Crippen LogP contribution in [0.25, 0.3) is 0 Å². The molecule has 4 atom stereocenters. The molecule has 4 N–H and O–H groups in total. The summed E-state index contributed by atoms with van der Waals surface area (Å²) in [7, 11) is 0. The summed E-state index contributed by atoms with van der Waals surface area (Å²) in [6, 6.07) is 0.821. The van der Waals surface area contributed by atoms with Crippen molar-refractivity contribution in [2.45, 2.75) is 44.2 Å². The van der Waals surface area contributed by atoms with Gasteiger partial charge in [0.2, 0.25) is 0 Å². The first-order chi connectivity index (χ1) is 5.29. The van der Waals surface area contributed by atoms with E-state index in [4.69, 9.17) is 11.5 Å². The Balaban J connectivity index is 2.08. The zero-order valence-electron chi connectivity index (χ0n) is 7.00. The van der Waals surface area contributed by atoms with Gasteiger partial charge < -0.3 is 11.5 Å². The van der Waals surface area contributed by atoms with E-state index in [-0.39, 0.29) is 0 Å². The van der Waals surface area contributed by atoms with Gasteiger partial charge >= 0.3 is 0 Å². The fourth-order valence-electron chi connectivity index (χ4n) is 2.95. The van der Waals surface area contributed by atoms with Gasteiger partial charge in [-0.05, 0) is 31.1 Å². The molecule has 2 aliphatic carbocycles. The average molecular weight is 154 g/mol. The minimum Gasteiger partial charge on any atom is -0.327 e. The van der Waals surface area contributed by atoms with Crippen molar-refractivity contribution in [3.05, 3.63) is 0 Å². The van der Waals surface area contributed by atoms with Gasteiger partial charge in [0.15, 0.2) is 0 Å². The summed E-state index contributed by atoms with van der Waals surface area (Å²) in [6.45, 7) is 0. The third-order valence-corrected chi connectivity index (χ3v) is 3.52. The van der Waals surface area contributed by atoms with Crippen LogP contribution in [0.1, 0.15) is 32.1 Å². The van der Waals surface area contributed by atoms with Gasteiger partial charge in [-0.3, -0.25) is 0 Å². The van der Waals surface area contributed by atoms with Crippen molar-refractivity contribution in [2.75, 3.05) is 0 Å². The van der Waals surface area contributed by atoms with Crippen LogP contribution < -0.4 is 11.5 Å². The maximum absolute atomic E-state index is 6.03. The van der Waals surface area contributed by atoms with E-state index >= 15 is 0 Å². The molecule has 2 heteroatoms. The Labute approximate surface area is 68.3 Å². The van der Waals surface area contributed by atoms with E-state index in [0.29, 0.717) is 18.0 Å². The second-order valence-corrected chi connectivity index (χ2v) is 4.17. The van der Waals surface area contributed by atoms with Gasteiger partial charge in [-0.15, -0.1) is 0 Å². The summed E-state index contributed by atoms with van der Waals surface area (Å²) in [5.41, 5.74) is 12.0. The fraction of sp³-hybridized carbons (Fsp3) is 1.00. The highest BCUT2D eigenvalue weighted by atomic mass is 14.8. The molecule has 2 rings (SSSR count). The molecule has 2 fully saturated rings. The number of hydrogen-bond acceptors (Lipinski definition) is 2. The highest BCUT2D eigenvalue weighted by Crippen LogP contribution is 2.40. The topological polar surface area (TPSA) is 52.0 Å². The minimum atomic E-state index is 0.409. The lowest BCUT2D eigenvalue weighted by Crippen LogP contribution is -2.44. The predicted octanol–water partition coefficient (Wildman–Crippen LogP) is 0.851. The van der Waals surface area contributed by atoms with Crippen LogP contribution in [0.4, 0.5) is 0 Å². The first-order valence-corrected chi connectivity index (χ1v) is 4.80. The fourth-order valence-corrected chi connectivity index (χ4v) is 2.95. The van der Waals surface area contributed by atoms with Crippen molar-refractivity contribution in [1.29, 1.82) is 0 Å². The van der Waals surface area contributed by atoms with Gasteiger partial charge in [0.1, 0.15) is 0 Å². The molecule has 0 aromatic heterocycles. The molecule has 0 aromatic rings. The highest BCUT2D eigenvalue weighted by Gasteiger charge is 2.39. The zero-order chi connectivity index (χ0) is 7.84. The van der Waals surface area contributed by atoms with Crippen LogP contribution in [0.5, 0.6) is 0 Å². The van der Waals surface area contributed by atoms with Crippen LogP contribution in [-0.2, 0) is 0 Å². The quantitative estimate of drug-likeness (QED) is 0.543. The maximum Gasteiger partial charge on any atom is 0.00846 e. The molecule has 2 saturated carbocycles. The molecule has 0 aromatic carbocycles. The normalized spacial score (nSPS) is 50.7. The molecule has 2 nitrogen and oxygen atoms in total. The molecule has 0 bridgehead atoms. The Morgan fingerprint density at radius 3 is 2.27 bits per heavy atom. The lowest BCUT2D eigenvalue weighted by molar-refractivity contribution is 0.224. The number of hydrogen-bond donors (Lipinski definition) is 2. The van der Waals surface area contributed by atoms with Crippen molar-refractivity contribution < 1.29 is 0 Å². The van der Waals surface area contributed by atoms with E-state index in [2.05, 4.69) is 0 Å². The van der Waals surface area contributed by atoms with Gasteiger partial charge in [0.25, 0.3) is 0 Å². The molecule has 11 heavy (non-hydrogen) atoms. The monoisotopic (exact) mass is 154 g/mol. The predicted molar refractivity (Wildman–Crippen MR) is 46.0 cm³/mol. The molecule has 0 spiro atoms. The lowest BCUT2D eigenvalue weighted by Gasteiger charge is -2.33. The van der Waals surface area contributed by atoms with Crippen molar-refractivity contribution in [2.24, 2.45) is 23.3 Å². The molecular weight excluding hydrogens is 136 g/mol. The second-order valence-electron chi connectivity index (χ2n) is 4.17. The van der Waals surface area contributed by atoms with Gasteiger partial charge in [-0.25, -0.2) is 0 Å². The third kappa shape index (κ3) is 1.18. The van der Waals surface area contributed by atoms with E-state index in [1.165, 1.54) is 32.1 Å². The number of fused-ring (bicyclic) bond motifs is 1. The minimum absolute atomic E-state index is 0.409. The first kappa shape index (κ1) is 7.56. The summed E-state index contributed by atoms with van der Waals surface area (Å²) < 4.78 is 0. The summed E-state index contributed by atoms with van der Waals surface area (Å²) in [5.74, 6) is 1.53. The van der Waals surface area contributed by atoms with Gasteiger partial charge in [0.05, 0.1) is 0 Å². The van der Waals surface area contributed by atoms with Crippen molar-refractivity contribution in [3.63, 3.8) is 0 Å². The molecule has 0 aliphatic heterocycles. The van der Waals surface area contributed by atoms with Crippen molar-refractivity contribution >= 4 is 0 Å². The Kier molecular flexibility index (Phi) is 1.90. The molecule has 2 aliphatic rings. The van der Waals surface area contributed by atoms with Crippen molar-refractivity contribution in [1.82, 2.24) is 0 Å². The number of rotatable bonds is 0. The molecule has 64 valence electrons. The van der Waals surface area contributed by atoms with Crippen LogP contribution in [0.15, 0.2) is 0 Å². The Morgan fingerprint density at radius 1 is 0.818 bits per heavy atom. The third-order valence-electron chi connectivity index (χ3n) is 3.52.